The highest BCUT2D eigenvalue weighted by Gasteiger charge is 2.19. The van der Waals surface area contributed by atoms with Crippen LogP contribution >= 0.6 is 31.9 Å². The van der Waals surface area contributed by atoms with Crippen LogP contribution in [0.2, 0.25) is 0 Å². The molecule has 0 heterocycles. The van der Waals surface area contributed by atoms with Crippen molar-refractivity contribution in [3.8, 4) is 0 Å². The number of benzene rings is 2. The average Bonchev–Trinajstić information content (AvgIpc) is 2.39. The summed E-state index contributed by atoms with van der Waals surface area (Å²) in [7, 11) is 1.83. The van der Waals surface area contributed by atoms with E-state index in [-0.39, 0.29) is 11.9 Å². The Morgan fingerprint density at radius 2 is 1.84 bits per heavy atom. The lowest BCUT2D eigenvalue weighted by Gasteiger charge is -2.20. The number of hydrogen-bond acceptors (Lipinski definition) is 1. The molecule has 1 nitrogen and oxygen atoms in total. The average molecular weight is 387 g/mol. The maximum absolute atomic E-state index is 14.0. The lowest BCUT2D eigenvalue weighted by atomic mass is 9.97. The third-order valence-corrected chi connectivity index (χ3v) is 4.67. The van der Waals surface area contributed by atoms with Crippen LogP contribution < -0.4 is 5.32 Å². The first-order valence-corrected chi connectivity index (χ1v) is 7.50. The molecule has 0 spiro atoms. The summed E-state index contributed by atoms with van der Waals surface area (Å²) in [5, 5.41) is 3.18. The van der Waals surface area contributed by atoms with Gasteiger partial charge in [-0.25, -0.2) is 4.39 Å². The standard InChI is InChI=1S/C15H14Br2FN/c1-9-4-3-5-11(14(9)17)15(19-2)12-8-10(16)6-7-13(12)18/h3-8,15,19H,1-2H3. The van der Waals surface area contributed by atoms with E-state index in [1.54, 1.807) is 6.07 Å². The first kappa shape index (κ1) is 14.7. The van der Waals surface area contributed by atoms with E-state index >= 15 is 0 Å². The van der Waals surface area contributed by atoms with Gasteiger partial charge in [0.1, 0.15) is 5.82 Å². The van der Waals surface area contributed by atoms with E-state index in [2.05, 4.69) is 37.2 Å². The molecule has 0 aliphatic heterocycles. The van der Waals surface area contributed by atoms with Crippen LogP contribution in [-0.4, -0.2) is 7.05 Å². The van der Waals surface area contributed by atoms with E-state index in [9.17, 15) is 4.39 Å². The quantitative estimate of drug-likeness (QED) is 0.785. The van der Waals surface area contributed by atoms with Crippen LogP contribution in [0.5, 0.6) is 0 Å². The van der Waals surface area contributed by atoms with Gasteiger partial charge in [-0.15, -0.1) is 0 Å². The monoisotopic (exact) mass is 385 g/mol. The van der Waals surface area contributed by atoms with E-state index < -0.39 is 0 Å². The van der Waals surface area contributed by atoms with Crippen molar-refractivity contribution in [2.75, 3.05) is 7.05 Å². The van der Waals surface area contributed by atoms with E-state index in [4.69, 9.17) is 0 Å². The Balaban J connectivity index is 2.56. The van der Waals surface area contributed by atoms with Crippen molar-refractivity contribution in [1.82, 2.24) is 5.32 Å². The summed E-state index contributed by atoms with van der Waals surface area (Å²) < 4.78 is 15.9. The van der Waals surface area contributed by atoms with Gasteiger partial charge in [-0.2, -0.15) is 0 Å². The molecule has 0 fully saturated rings. The zero-order valence-electron chi connectivity index (χ0n) is 10.7. The van der Waals surface area contributed by atoms with Crippen LogP contribution in [-0.2, 0) is 0 Å². The van der Waals surface area contributed by atoms with Gasteiger partial charge in [-0.05, 0) is 43.3 Å². The van der Waals surface area contributed by atoms with Crippen molar-refractivity contribution in [3.63, 3.8) is 0 Å². The molecule has 2 aromatic rings. The van der Waals surface area contributed by atoms with Crippen molar-refractivity contribution in [2.45, 2.75) is 13.0 Å². The molecule has 0 saturated heterocycles. The molecule has 0 aromatic heterocycles. The number of halogens is 3. The second-order valence-corrected chi connectivity index (χ2v) is 6.07. The van der Waals surface area contributed by atoms with Gasteiger partial charge in [0.15, 0.2) is 0 Å². The highest BCUT2D eigenvalue weighted by Crippen LogP contribution is 2.32. The van der Waals surface area contributed by atoms with Crippen LogP contribution in [0, 0.1) is 12.7 Å². The second kappa shape index (κ2) is 6.16. The molecule has 1 atom stereocenters. The molecule has 100 valence electrons. The van der Waals surface area contributed by atoms with Crippen LogP contribution in [0.25, 0.3) is 0 Å². The summed E-state index contributed by atoms with van der Waals surface area (Å²) in [6.07, 6.45) is 0. The van der Waals surface area contributed by atoms with Gasteiger partial charge < -0.3 is 5.32 Å². The Hall–Kier alpha value is -0.710. The van der Waals surface area contributed by atoms with Crippen molar-refractivity contribution in [1.29, 1.82) is 0 Å². The van der Waals surface area contributed by atoms with E-state index in [0.717, 1.165) is 20.1 Å². The fraction of sp³-hybridized carbons (Fsp3) is 0.200. The SMILES string of the molecule is CNC(c1cc(Br)ccc1F)c1cccc(C)c1Br. The van der Waals surface area contributed by atoms with Gasteiger partial charge in [-0.1, -0.05) is 50.1 Å². The Labute approximate surface area is 129 Å². The van der Waals surface area contributed by atoms with Gasteiger partial charge >= 0.3 is 0 Å². The van der Waals surface area contributed by atoms with Crippen LogP contribution in [0.3, 0.4) is 0 Å². The Bertz CT molecular complexity index is 597. The van der Waals surface area contributed by atoms with Gasteiger partial charge in [-0.3, -0.25) is 0 Å². The van der Waals surface area contributed by atoms with E-state index in [0.29, 0.717) is 5.56 Å². The van der Waals surface area contributed by atoms with E-state index in [1.807, 2.05) is 38.2 Å². The molecular formula is C15H14Br2FN. The fourth-order valence-electron chi connectivity index (χ4n) is 2.11. The van der Waals surface area contributed by atoms with Crippen LogP contribution in [0.1, 0.15) is 22.7 Å². The fourth-order valence-corrected chi connectivity index (χ4v) is 2.98. The third kappa shape index (κ3) is 3.07. The van der Waals surface area contributed by atoms with Gasteiger partial charge in [0.05, 0.1) is 6.04 Å². The molecule has 2 rings (SSSR count). The maximum atomic E-state index is 14.0. The summed E-state index contributed by atoms with van der Waals surface area (Å²) in [6.45, 7) is 2.03. The van der Waals surface area contributed by atoms with Crippen LogP contribution in [0.15, 0.2) is 45.3 Å². The molecule has 0 aliphatic carbocycles. The minimum Gasteiger partial charge on any atom is -0.309 e. The predicted molar refractivity (Wildman–Crippen MR) is 83.9 cm³/mol. The first-order valence-electron chi connectivity index (χ1n) is 5.92. The molecule has 0 saturated carbocycles. The molecule has 0 radical (unpaired) electrons. The summed E-state index contributed by atoms with van der Waals surface area (Å²) in [4.78, 5) is 0. The maximum Gasteiger partial charge on any atom is 0.128 e. The van der Waals surface area contributed by atoms with E-state index in [1.165, 1.54) is 6.07 Å². The molecule has 2 aromatic carbocycles. The molecule has 1 unspecified atom stereocenters. The number of aryl methyl sites for hydroxylation is 1. The molecule has 1 N–H and O–H groups in total. The number of nitrogens with one attached hydrogen (secondary N) is 1. The van der Waals surface area contributed by atoms with Crippen molar-refractivity contribution in [3.05, 3.63) is 67.9 Å². The lowest BCUT2D eigenvalue weighted by molar-refractivity contribution is 0.575. The number of hydrogen-bond donors (Lipinski definition) is 1. The summed E-state index contributed by atoms with van der Waals surface area (Å²) >= 11 is 6.98. The lowest BCUT2D eigenvalue weighted by Crippen LogP contribution is -2.19. The second-order valence-electron chi connectivity index (χ2n) is 4.37. The third-order valence-electron chi connectivity index (χ3n) is 3.09. The zero-order chi connectivity index (χ0) is 14.0. The highest BCUT2D eigenvalue weighted by molar-refractivity contribution is 9.10. The van der Waals surface area contributed by atoms with Gasteiger partial charge in [0.25, 0.3) is 0 Å². The van der Waals surface area contributed by atoms with Crippen molar-refractivity contribution in [2.24, 2.45) is 0 Å². The van der Waals surface area contributed by atoms with Gasteiger partial charge in [0, 0.05) is 14.5 Å². The Morgan fingerprint density at radius 1 is 1.11 bits per heavy atom. The molecule has 19 heavy (non-hydrogen) atoms. The van der Waals surface area contributed by atoms with Crippen molar-refractivity contribution >= 4 is 31.9 Å². The van der Waals surface area contributed by atoms with Crippen molar-refractivity contribution < 1.29 is 4.39 Å². The summed E-state index contributed by atoms with van der Waals surface area (Å²) in [5.74, 6) is -0.212. The largest absolute Gasteiger partial charge is 0.309 e. The molecule has 0 aliphatic rings. The molecular weight excluding hydrogens is 373 g/mol. The number of rotatable bonds is 3. The first-order chi connectivity index (χ1) is 9.04. The molecule has 0 amide bonds. The topological polar surface area (TPSA) is 12.0 Å². The minimum absolute atomic E-state index is 0.188. The highest BCUT2D eigenvalue weighted by atomic mass is 79.9. The summed E-state index contributed by atoms with van der Waals surface area (Å²) in [5.41, 5.74) is 2.79. The molecule has 0 bridgehead atoms. The molecule has 4 heteroatoms. The summed E-state index contributed by atoms with van der Waals surface area (Å²) in [6, 6.07) is 10.8. The Morgan fingerprint density at radius 3 is 2.53 bits per heavy atom. The smallest absolute Gasteiger partial charge is 0.128 e. The zero-order valence-corrected chi connectivity index (χ0v) is 13.8. The predicted octanol–water partition coefficient (Wildman–Crippen LogP) is 4.97. The normalized spacial score (nSPS) is 12.5. The minimum atomic E-state index is -0.212. The van der Waals surface area contributed by atoms with Gasteiger partial charge in [0.2, 0.25) is 0 Å². The Kier molecular flexibility index (Phi) is 4.76. The van der Waals surface area contributed by atoms with Crippen LogP contribution in [0.4, 0.5) is 4.39 Å².